The van der Waals surface area contributed by atoms with Gasteiger partial charge in [0.15, 0.2) is 0 Å². The molecule has 0 atom stereocenters. The molecule has 0 bridgehead atoms. The van der Waals surface area contributed by atoms with Crippen LogP contribution in [0.1, 0.15) is 44.1 Å². The number of likely N-dealkylation sites (tertiary alicyclic amines) is 1. The van der Waals surface area contributed by atoms with E-state index in [0.717, 1.165) is 32.2 Å². The van der Waals surface area contributed by atoms with Crippen LogP contribution in [-0.2, 0) is 20.8 Å². The summed E-state index contributed by atoms with van der Waals surface area (Å²) in [5.74, 6) is 0.315. The minimum Gasteiger partial charge on any atom is -0.508 e. The minimum absolute atomic E-state index is 0.0315. The third-order valence-corrected chi connectivity index (χ3v) is 5.80. The Kier molecular flexibility index (Phi) is 7.49. The Morgan fingerprint density at radius 2 is 1.59 bits per heavy atom. The van der Waals surface area contributed by atoms with E-state index in [9.17, 15) is 19.5 Å². The molecule has 2 fully saturated rings. The lowest BCUT2D eigenvalue weighted by molar-refractivity contribution is -0.135. The van der Waals surface area contributed by atoms with Crippen LogP contribution in [0, 0.1) is 0 Å². The van der Waals surface area contributed by atoms with Crippen LogP contribution in [0.3, 0.4) is 0 Å². The Hall–Kier alpha value is -2.57. The first kappa shape index (κ1) is 21.1. The van der Waals surface area contributed by atoms with Gasteiger partial charge in [-0.1, -0.05) is 24.6 Å². The number of benzene rings is 1. The molecule has 0 spiro atoms. The number of phenols is 1. The summed E-state index contributed by atoms with van der Waals surface area (Å²) in [5.41, 5.74) is 0.622. The number of phenolic OH excluding ortho intramolecular Hbond substituents is 1. The largest absolute Gasteiger partial charge is 0.508 e. The molecule has 29 heavy (non-hydrogen) atoms. The summed E-state index contributed by atoms with van der Waals surface area (Å²) in [5, 5.41) is 9.88. The van der Waals surface area contributed by atoms with Crippen LogP contribution in [-0.4, -0.2) is 76.8 Å². The van der Waals surface area contributed by atoms with E-state index < -0.39 is 0 Å². The number of para-hydroxylation sites is 1. The maximum Gasteiger partial charge on any atom is 0.227 e. The summed E-state index contributed by atoms with van der Waals surface area (Å²) in [7, 11) is 0. The second-order valence-electron chi connectivity index (χ2n) is 7.86. The molecule has 3 amide bonds. The van der Waals surface area contributed by atoms with Gasteiger partial charge < -0.3 is 19.8 Å². The van der Waals surface area contributed by atoms with Crippen molar-refractivity contribution in [2.24, 2.45) is 0 Å². The van der Waals surface area contributed by atoms with Crippen molar-refractivity contribution in [2.45, 2.75) is 44.9 Å². The van der Waals surface area contributed by atoms with Gasteiger partial charge in [0, 0.05) is 57.7 Å². The van der Waals surface area contributed by atoms with E-state index in [1.807, 2.05) is 9.80 Å². The molecule has 7 heteroatoms. The van der Waals surface area contributed by atoms with Crippen molar-refractivity contribution in [2.75, 3.05) is 39.3 Å². The van der Waals surface area contributed by atoms with Crippen LogP contribution in [0.5, 0.6) is 5.75 Å². The SMILES string of the molecule is O=C1CCCCCN1CCC(=O)N1CCCN(C(=O)Cc2ccccc2O)CC1. The van der Waals surface area contributed by atoms with Crippen molar-refractivity contribution >= 4 is 17.7 Å². The summed E-state index contributed by atoms with van der Waals surface area (Å²) in [6.07, 6.45) is 4.87. The van der Waals surface area contributed by atoms with Crippen molar-refractivity contribution in [3.8, 4) is 5.75 Å². The zero-order valence-corrected chi connectivity index (χ0v) is 17.0. The first-order valence-electron chi connectivity index (χ1n) is 10.6. The number of aromatic hydroxyl groups is 1. The molecule has 0 unspecified atom stereocenters. The predicted octanol–water partition coefficient (Wildman–Crippen LogP) is 1.79. The van der Waals surface area contributed by atoms with Crippen LogP contribution in [0.15, 0.2) is 24.3 Å². The molecule has 0 radical (unpaired) electrons. The average molecular weight is 402 g/mol. The van der Waals surface area contributed by atoms with E-state index in [1.165, 1.54) is 0 Å². The highest BCUT2D eigenvalue weighted by Gasteiger charge is 2.24. The number of carbonyl (C=O) groups is 3. The number of hydrogen-bond donors (Lipinski definition) is 1. The molecule has 2 aliphatic heterocycles. The van der Waals surface area contributed by atoms with E-state index in [-0.39, 0.29) is 29.9 Å². The Morgan fingerprint density at radius 1 is 0.862 bits per heavy atom. The number of nitrogens with zero attached hydrogens (tertiary/aromatic N) is 3. The summed E-state index contributed by atoms with van der Waals surface area (Å²) >= 11 is 0. The molecule has 1 N–H and O–H groups in total. The van der Waals surface area contributed by atoms with Gasteiger partial charge in [-0.25, -0.2) is 0 Å². The molecule has 1 aromatic rings. The summed E-state index contributed by atoms with van der Waals surface area (Å²) in [4.78, 5) is 42.8. The molecule has 1 aromatic carbocycles. The van der Waals surface area contributed by atoms with E-state index in [1.54, 1.807) is 29.2 Å². The van der Waals surface area contributed by atoms with Gasteiger partial charge in [-0.2, -0.15) is 0 Å². The molecule has 0 aromatic heterocycles. The number of rotatable bonds is 5. The van der Waals surface area contributed by atoms with E-state index in [0.29, 0.717) is 51.1 Å². The van der Waals surface area contributed by atoms with Gasteiger partial charge in [0.2, 0.25) is 17.7 Å². The number of carbonyl (C=O) groups excluding carboxylic acids is 3. The quantitative estimate of drug-likeness (QED) is 0.816. The third kappa shape index (κ3) is 5.95. The van der Waals surface area contributed by atoms with E-state index in [2.05, 4.69) is 0 Å². The molecule has 0 saturated carbocycles. The van der Waals surface area contributed by atoms with Gasteiger partial charge in [-0.3, -0.25) is 14.4 Å². The lowest BCUT2D eigenvalue weighted by atomic mass is 10.1. The van der Waals surface area contributed by atoms with Gasteiger partial charge in [0.05, 0.1) is 6.42 Å². The van der Waals surface area contributed by atoms with Crippen molar-refractivity contribution in [3.63, 3.8) is 0 Å². The zero-order valence-electron chi connectivity index (χ0n) is 17.0. The molecular weight excluding hydrogens is 370 g/mol. The molecular formula is C22H31N3O4. The monoisotopic (exact) mass is 401 g/mol. The average Bonchev–Trinajstić information content (AvgIpc) is 3.08. The highest BCUT2D eigenvalue weighted by Crippen LogP contribution is 2.18. The Bertz CT molecular complexity index is 737. The molecule has 2 saturated heterocycles. The van der Waals surface area contributed by atoms with Crippen molar-refractivity contribution in [1.82, 2.24) is 14.7 Å². The molecule has 0 aliphatic carbocycles. The van der Waals surface area contributed by atoms with Crippen LogP contribution in [0.2, 0.25) is 0 Å². The minimum atomic E-state index is -0.0315. The smallest absolute Gasteiger partial charge is 0.227 e. The first-order valence-corrected chi connectivity index (χ1v) is 10.6. The summed E-state index contributed by atoms with van der Waals surface area (Å²) < 4.78 is 0. The second kappa shape index (κ2) is 10.3. The van der Waals surface area contributed by atoms with Crippen LogP contribution < -0.4 is 0 Å². The standard InChI is InChI=1S/C22H31N3O4/c26-19-8-4-3-7-18(19)17-22(29)25-13-6-12-24(15-16-25)21(28)10-14-23-11-5-1-2-9-20(23)27/h3-4,7-8,26H,1-2,5-6,9-17H2. The summed E-state index contributed by atoms with van der Waals surface area (Å²) in [6, 6.07) is 6.88. The fourth-order valence-corrected chi connectivity index (χ4v) is 4.02. The maximum absolute atomic E-state index is 12.6. The van der Waals surface area contributed by atoms with Gasteiger partial charge >= 0.3 is 0 Å². The Morgan fingerprint density at radius 3 is 2.34 bits per heavy atom. The second-order valence-corrected chi connectivity index (χ2v) is 7.86. The topological polar surface area (TPSA) is 81.2 Å². The number of amides is 3. The molecule has 158 valence electrons. The predicted molar refractivity (Wildman–Crippen MR) is 109 cm³/mol. The maximum atomic E-state index is 12.6. The van der Waals surface area contributed by atoms with Gasteiger partial charge in [0.1, 0.15) is 5.75 Å². The lowest BCUT2D eigenvalue weighted by Gasteiger charge is -2.24. The van der Waals surface area contributed by atoms with Gasteiger partial charge in [0.25, 0.3) is 0 Å². The van der Waals surface area contributed by atoms with Crippen LogP contribution >= 0.6 is 0 Å². The highest BCUT2D eigenvalue weighted by molar-refractivity contribution is 5.81. The molecule has 3 rings (SSSR count). The first-order chi connectivity index (χ1) is 14.0. The number of hydrogen-bond acceptors (Lipinski definition) is 4. The normalized spacial score (nSPS) is 18.3. The summed E-state index contributed by atoms with van der Waals surface area (Å²) in [6.45, 7) is 3.50. The molecule has 2 heterocycles. The fraction of sp³-hybridized carbons (Fsp3) is 0.591. The molecule has 7 nitrogen and oxygen atoms in total. The Labute approximate surface area is 172 Å². The van der Waals surface area contributed by atoms with Crippen LogP contribution in [0.25, 0.3) is 0 Å². The molecule has 2 aliphatic rings. The third-order valence-electron chi connectivity index (χ3n) is 5.80. The van der Waals surface area contributed by atoms with Gasteiger partial charge in [-0.05, 0) is 25.3 Å². The van der Waals surface area contributed by atoms with Crippen molar-refractivity contribution in [3.05, 3.63) is 29.8 Å². The van der Waals surface area contributed by atoms with Gasteiger partial charge in [-0.15, -0.1) is 0 Å². The van der Waals surface area contributed by atoms with E-state index in [4.69, 9.17) is 0 Å². The fourth-order valence-electron chi connectivity index (χ4n) is 4.02. The van der Waals surface area contributed by atoms with E-state index >= 15 is 0 Å². The Balaban J connectivity index is 1.47. The highest BCUT2D eigenvalue weighted by atomic mass is 16.3. The lowest BCUT2D eigenvalue weighted by Crippen LogP contribution is -2.39. The van der Waals surface area contributed by atoms with Crippen molar-refractivity contribution in [1.29, 1.82) is 0 Å². The van der Waals surface area contributed by atoms with Crippen molar-refractivity contribution < 1.29 is 19.5 Å². The van der Waals surface area contributed by atoms with Crippen LogP contribution in [0.4, 0.5) is 0 Å². The zero-order chi connectivity index (χ0) is 20.6.